The van der Waals surface area contributed by atoms with Gasteiger partial charge in [-0.25, -0.2) is 4.79 Å². The number of phenolic OH excluding ortho intramolecular Hbond substituents is 2. The van der Waals surface area contributed by atoms with E-state index in [1.165, 1.54) is 12.1 Å². The van der Waals surface area contributed by atoms with Gasteiger partial charge in [0.1, 0.15) is 6.04 Å². The fourth-order valence-corrected chi connectivity index (χ4v) is 3.05. The third kappa shape index (κ3) is 7.98. The van der Waals surface area contributed by atoms with E-state index in [2.05, 4.69) is 10.6 Å². The van der Waals surface area contributed by atoms with Crippen molar-refractivity contribution in [3.8, 4) is 11.5 Å². The predicted octanol–water partition coefficient (Wildman–Crippen LogP) is 1.28. The van der Waals surface area contributed by atoms with Gasteiger partial charge in [-0.15, -0.1) is 0 Å². The Morgan fingerprint density at radius 2 is 1.58 bits per heavy atom. The molecule has 0 radical (unpaired) electrons. The van der Waals surface area contributed by atoms with Crippen molar-refractivity contribution in [2.45, 2.75) is 37.8 Å². The van der Waals surface area contributed by atoms with Crippen LogP contribution in [0.5, 0.6) is 11.5 Å². The van der Waals surface area contributed by atoms with Gasteiger partial charge in [-0.2, -0.15) is 0 Å². The SMILES string of the molecule is O=C(O)C[C@H](NCCCc1ccc(O)c(O)c1)C(=O)N[C@@H](Cc1ccccc1)C(=O)O. The van der Waals surface area contributed by atoms with E-state index in [1.54, 1.807) is 36.4 Å². The van der Waals surface area contributed by atoms with Gasteiger partial charge in [0.15, 0.2) is 11.5 Å². The summed E-state index contributed by atoms with van der Waals surface area (Å²) >= 11 is 0. The summed E-state index contributed by atoms with van der Waals surface area (Å²) < 4.78 is 0. The quantitative estimate of drug-likeness (QED) is 0.217. The van der Waals surface area contributed by atoms with Crippen LogP contribution in [0.3, 0.4) is 0 Å². The van der Waals surface area contributed by atoms with Crippen molar-refractivity contribution in [3.05, 3.63) is 59.7 Å². The smallest absolute Gasteiger partial charge is 0.326 e. The van der Waals surface area contributed by atoms with Crippen LogP contribution in [0.4, 0.5) is 0 Å². The second-order valence-corrected chi connectivity index (χ2v) is 7.12. The Bertz CT molecular complexity index is 902. The predicted molar refractivity (Wildman–Crippen MR) is 112 cm³/mol. The Kier molecular flexibility index (Phi) is 8.83. The third-order valence-electron chi connectivity index (χ3n) is 4.67. The fourth-order valence-electron chi connectivity index (χ4n) is 3.05. The molecule has 0 spiro atoms. The summed E-state index contributed by atoms with van der Waals surface area (Å²) in [4.78, 5) is 35.3. The van der Waals surface area contributed by atoms with Crippen LogP contribution < -0.4 is 10.6 Å². The molecule has 0 heterocycles. The Morgan fingerprint density at radius 1 is 0.871 bits per heavy atom. The number of benzene rings is 2. The fraction of sp³-hybridized carbons (Fsp3) is 0.318. The summed E-state index contributed by atoms with van der Waals surface area (Å²) in [5, 5.41) is 42.7. The monoisotopic (exact) mass is 430 g/mol. The van der Waals surface area contributed by atoms with Gasteiger partial charge in [0.05, 0.1) is 12.5 Å². The molecule has 9 heteroatoms. The average molecular weight is 430 g/mol. The minimum Gasteiger partial charge on any atom is -0.504 e. The number of carbonyl (C=O) groups excluding carboxylic acids is 1. The lowest BCUT2D eigenvalue weighted by Crippen LogP contribution is -2.51. The van der Waals surface area contributed by atoms with Gasteiger partial charge in [0.2, 0.25) is 5.91 Å². The number of aliphatic carboxylic acids is 2. The van der Waals surface area contributed by atoms with E-state index in [0.29, 0.717) is 19.4 Å². The Hall–Kier alpha value is -3.59. The van der Waals surface area contributed by atoms with E-state index in [9.17, 15) is 29.7 Å². The number of amides is 1. The molecule has 0 bridgehead atoms. The van der Waals surface area contributed by atoms with E-state index in [4.69, 9.17) is 5.11 Å². The minimum absolute atomic E-state index is 0.0754. The summed E-state index contributed by atoms with van der Waals surface area (Å²) in [5.74, 6) is -3.55. The summed E-state index contributed by atoms with van der Waals surface area (Å²) in [7, 11) is 0. The maximum absolute atomic E-state index is 12.6. The Morgan fingerprint density at radius 3 is 2.19 bits per heavy atom. The number of carboxylic acids is 2. The second kappa shape index (κ2) is 11.6. The molecule has 2 rings (SSSR count). The highest BCUT2D eigenvalue weighted by molar-refractivity contribution is 5.89. The van der Waals surface area contributed by atoms with Gasteiger partial charge in [-0.3, -0.25) is 9.59 Å². The first kappa shape index (κ1) is 23.7. The highest BCUT2D eigenvalue weighted by Crippen LogP contribution is 2.25. The zero-order valence-corrected chi connectivity index (χ0v) is 16.8. The van der Waals surface area contributed by atoms with Crippen molar-refractivity contribution in [2.24, 2.45) is 0 Å². The van der Waals surface area contributed by atoms with Gasteiger partial charge in [0.25, 0.3) is 0 Å². The highest BCUT2D eigenvalue weighted by atomic mass is 16.4. The molecule has 0 aliphatic carbocycles. The van der Waals surface area contributed by atoms with Crippen molar-refractivity contribution in [1.29, 1.82) is 0 Å². The molecule has 0 fully saturated rings. The maximum atomic E-state index is 12.6. The molecule has 0 aromatic heterocycles. The van der Waals surface area contributed by atoms with E-state index in [-0.39, 0.29) is 17.9 Å². The van der Waals surface area contributed by atoms with E-state index >= 15 is 0 Å². The highest BCUT2D eigenvalue weighted by Gasteiger charge is 2.26. The summed E-state index contributed by atoms with van der Waals surface area (Å²) in [6.45, 7) is 0.295. The molecule has 166 valence electrons. The molecule has 0 aliphatic rings. The van der Waals surface area contributed by atoms with E-state index < -0.39 is 36.4 Å². The van der Waals surface area contributed by atoms with Crippen LogP contribution in [-0.2, 0) is 27.2 Å². The van der Waals surface area contributed by atoms with Crippen molar-refractivity contribution < 1.29 is 34.8 Å². The maximum Gasteiger partial charge on any atom is 0.326 e. The normalized spacial score (nSPS) is 12.6. The molecule has 9 nitrogen and oxygen atoms in total. The second-order valence-electron chi connectivity index (χ2n) is 7.12. The molecule has 2 aromatic rings. The molecular weight excluding hydrogens is 404 g/mol. The molecule has 0 unspecified atom stereocenters. The zero-order valence-electron chi connectivity index (χ0n) is 16.8. The first-order chi connectivity index (χ1) is 14.8. The van der Waals surface area contributed by atoms with Crippen LogP contribution >= 0.6 is 0 Å². The van der Waals surface area contributed by atoms with Crippen molar-refractivity contribution in [3.63, 3.8) is 0 Å². The molecule has 0 saturated carbocycles. The Labute approximate surface area is 179 Å². The zero-order chi connectivity index (χ0) is 22.8. The number of carboxylic acid groups (broad SMARTS) is 2. The van der Waals surface area contributed by atoms with Crippen LogP contribution in [0, 0.1) is 0 Å². The lowest BCUT2D eigenvalue weighted by Gasteiger charge is -2.20. The molecular formula is C22H26N2O7. The molecule has 2 atom stereocenters. The standard InChI is InChI=1S/C22H26N2O7/c25-18-9-8-15(12-19(18)26)7-4-10-23-16(13-20(27)28)21(29)24-17(22(30)31)11-14-5-2-1-3-6-14/h1-3,5-6,8-9,12,16-17,23,25-26H,4,7,10-11,13H2,(H,24,29)(H,27,28)(H,30,31)/t16-,17-/m0/s1. The van der Waals surface area contributed by atoms with E-state index in [0.717, 1.165) is 11.1 Å². The van der Waals surface area contributed by atoms with E-state index in [1.807, 2.05) is 0 Å². The number of rotatable bonds is 12. The van der Waals surface area contributed by atoms with Crippen molar-refractivity contribution in [2.75, 3.05) is 6.54 Å². The summed E-state index contributed by atoms with van der Waals surface area (Å²) in [6.07, 6.45) is 0.629. The Balaban J connectivity index is 1.92. The van der Waals surface area contributed by atoms with Crippen LogP contribution in [0.2, 0.25) is 0 Å². The number of aromatic hydroxyl groups is 2. The summed E-state index contributed by atoms with van der Waals surface area (Å²) in [6, 6.07) is 11.0. The molecule has 0 aliphatic heterocycles. The third-order valence-corrected chi connectivity index (χ3v) is 4.67. The average Bonchev–Trinajstić information content (AvgIpc) is 2.72. The number of nitrogens with one attached hydrogen (secondary N) is 2. The van der Waals surface area contributed by atoms with Gasteiger partial charge in [-0.1, -0.05) is 36.4 Å². The minimum atomic E-state index is -1.21. The number of carbonyl (C=O) groups is 3. The number of hydrogen-bond donors (Lipinski definition) is 6. The first-order valence-corrected chi connectivity index (χ1v) is 9.79. The molecule has 6 N–H and O–H groups in total. The topological polar surface area (TPSA) is 156 Å². The number of aryl methyl sites for hydroxylation is 1. The largest absolute Gasteiger partial charge is 0.504 e. The number of hydrogen-bond acceptors (Lipinski definition) is 6. The first-order valence-electron chi connectivity index (χ1n) is 9.79. The van der Waals surface area contributed by atoms with Crippen molar-refractivity contribution >= 4 is 17.8 Å². The van der Waals surface area contributed by atoms with Gasteiger partial charge >= 0.3 is 11.9 Å². The lowest BCUT2D eigenvalue weighted by atomic mass is 10.0. The van der Waals surface area contributed by atoms with Gasteiger partial charge < -0.3 is 31.1 Å². The van der Waals surface area contributed by atoms with Crippen LogP contribution in [0.1, 0.15) is 24.0 Å². The summed E-state index contributed by atoms with van der Waals surface area (Å²) in [5.41, 5.74) is 1.50. The van der Waals surface area contributed by atoms with Gasteiger partial charge in [0, 0.05) is 6.42 Å². The number of phenols is 2. The lowest BCUT2D eigenvalue weighted by molar-refractivity contribution is -0.143. The van der Waals surface area contributed by atoms with Crippen LogP contribution in [0.15, 0.2) is 48.5 Å². The molecule has 0 saturated heterocycles. The van der Waals surface area contributed by atoms with Crippen LogP contribution in [0.25, 0.3) is 0 Å². The van der Waals surface area contributed by atoms with Gasteiger partial charge in [-0.05, 0) is 42.6 Å². The molecule has 2 aromatic carbocycles. The van der Waals surface area contributed by atoms with Crippen LogP contribution in [-0.4, -0.2) is 56.9 Å². The molecule has 31 heavy (non-hydrogen) atoms. The van der Waals surface area contributed by atoms with Crippen molar-refractivity contribution in [1.82, 2.24) is 10.6 Å². The molecule has 1 amide bonds.